The number of nitriles is 1. The van der Waals surface area contributed by atoms with Crippen molar-refractivity contribution in [1.82, 2.24) is 4.72 Å². The maximum absolute atomic E-state index is 12.1. The monoisotopic (exact) mass is 266 g/mol. The zero-order valence-electron chi connectivity index (χ0n) is 9.80. The van der Waals surface area contributed by atoms with Gasteiger partial charge in [-0.3, -0.25) is 0 Å². The van der Waals surface area contributed by atoms with Gasteiger partial charge in [-0.05, 0) is 31.0 Å². The zero-order chi connectivity index (χ0) is 13.0. The van der Waals surface area contributed by atoms with Crippen molar-refractivity contribution in [2.75, 3.05) is 13.2 Å². The molecule has 1 atom stereocenters. The van der Waals surface area contributed by atoms with Crippen LogP contribution in [-0.4, -0.2) is 27.7 Å². The fourth-order valence-corrected chi connectivity index (χ4v) is 3.15. The lowest BCUT2D eigenvalue weighted by molar-refractivity contribution is 0.0774. The summed E-state index contributed by atoms with van der Waals surface area (Å²) in [4.78, 5) is 0.118. The Morgan fingerprint density at radius 3 is 2.94 bits per heavy atom. The van der Waals surface area contributed by atoms with Crippen LogP contribution >= 0.6 is 0 Å². The van der Waals surface area contributed by atoms with Gasteiger partial charge in [-0.15, -0.1) is 0 Å². The summed E-state index contributed by atoms with van der Waals surface area (Å²) in [5.74, 6) is 0. The van der Waals surface area contributed by atoms with Gasteiger partial charge >= 0.3 is 0 Å². The molecule has 2 rings (SSSR count). The van der Waals surface area contributed by atoms with Gasteiger partial charge < -0.3 is 4.74 Å². The molecule has 0 spiro atoms. The number of sulfonamides is 1. The third-order valence-electron chi connectivity index (χ3n) is 2.76. The highest BCUT2D eigenvalue weighted by Gasteiger charge is 2.22. The first-order valence-corrected chi connectivity index (χ1v) is 7.20. The minimum atomic E-state index is -3.57. The lowest BCUT2D eigenvalue weighted by Crippen LogP contribution is -2.40. The van der Waals surface area contributed by atoms with Gasteiger partial charge in [0.2, 0.25) is 10.0 Å². The molecular formula is C12H14N2O3S. The minimum Gasteiger partial charge on any atom is -0.380 e. The van der Waals surface area contributed by atoms with Gasteiger partial charge in [0.15, 0.2) is 0 Å². The van der Waals surface area contributed by atoms with Crippen molar-refractivity contribution >= 4 is 10.0 Å². The molecule has 0 aliphatic carbocycles. The van der Waals surface area contributed by atoms with Crippen molar-refractivity contribution in [3.63, 3.8) is 0 Å². The van der Waals surface area contributed by atoms with Crippen molar-refractivity contribution < 1.29 is 13.2 Å². The molecule has 18 heavy (non-hydrogen) atoms. The standard InChI is InChI=1S/C12H14N2O3S/c13-8-10-3-1-5-12(7-10)18(15,16)14-11-4-2-6-17-9-11/h1,3,5,7,11,14H,2,4,6,9H2. The van der Waals surface area contributed by atoms with Crippen LogP contribution in [0.2, 0.25) is 0 Å². The number of ether oxygens (including phenoxy) is 1. The van der Waals surface area contributed by atoms with Crippen LogP contribution in [0.3, 0.4) is 0 Å². The summed E-state index contributed by atoms with van der Waals surface area (Å²) < 4.78 is 32.0. The van der Waals surface area contributed by atoms with Gasteiger partial charge in [-0.1, -0.05) is 6.07 Å². The lowest BCUT2D eigenvalue weighted by Gasteiger charge is -2.22. The Kier molecular flexibility index (Phi) is 3.97. The molecule has 1 aromatic carbocycles. The zero-order valence-corrected chi connectivity index (χ0v) is 10.6. The average Bonchev–Trinajstić information content (AvgIpc) is 2.39. The quantitative estimate of drug-likeness (QED) is 0.885. The van der Waals surface area contributed by atoms with Crippen molar-refractivity contribution in [3.8, 4) is 6.07 Å². The van der Waals surface area contributed by atoms with Crippen molar-refractivity contribution in [1.29, 1.82) is 5.26 Å². The normalized spacial score (nSPS) is 20.3. The van der Waals surface area contributed by atoms with Gasteiger partial charge in [0.1, 0.15) is 0 Å². The first kappa shape index (κ1) is 13.0. The highest BCUT2D eigenvalue weighted by atomic mass is 32.2. The highest BCUT2D eigenvalue weighted by Crippen LogP contribution is 2.14. The second kappa shape index (κ2) is 5.48. The molecule has 1 aliphatic heterocycles. The molecule has 1 fully saturated rings. The predicted octanol–water partition coefficient (Wildman–Crippen LogP) is 1.02. The Bertz CT molecular complexity index is 557. The summed E-state index contributed by atoms with van der Waals surface area (Å²) in [5, 5.41) is 8.76. The summed E-state index contributed by atoms with van der Waals surface area (Å²) in [6.45, 7) is 1.08. The van der Waals surface area contributed by atoms with Crippen molar-refractivity contribution in [3.05, 3.63) is 29.8 Å². The lowest BCUT2D eigenvalue weighted by atomic mass is 10.1. The first-order valence-electron chi connectivity index (χ1n) is 5.72. The SMILES string of the molecule is N#Cc1cccc(S(=O)(=O)NC2CCCOC2)c1. The van der Waals surface area contributed by atoms with Crippen LogP contribution in [0, 0.1) is 11.3 Å². The third kappa shape index (κ3) is 3.07. The van der Waals surface area contributed by atoms with Crippen LogP contribution in [0.25, 0.3) is 0 Å². The second-order valence-corrected chi connectivity index (χ2v) is 5.89. The molecule has 0 aromatic heterocycles. The maximum Gasteiger partial charge on any atom is 0.240 e. The summed E-state index contributed by atoms with van der Waals surface area (Å²) >= 11 is 0. The van der Waals surface area contributed by atoms with Crippen molar-refractivity contribution in [2.24, 2.45) is 0 Å². The van der Waals surface area contributed by atoms with E-state index < -0.39 is 10.0 Å². The summed E-state index contributed by atoms with van der Waals surface area (Å²) in [6, 6.07) is 7.72. The number of nitrogens with zero attached hydrogens (tertiary/aromatic N) is 1. The Balaban J connectivity index is 2.17. The Labute approximate surface area is 106 Å². The minimum absolute atomic E-state index is 0.118. The molecule has 1 unspecified atom stereocenters. The van der Waals surface area contributed by atoms with Gasteiger partial charge in [-0.2, -0.15) is 5.26 Å². The highest BCUT2D eigenvalue weighted by molar-refractivity contribution is 7.89. The first-order chi connectivity index (χ1) is 8.62. The molecule has 0 radical (unpaired) electrons. The molecule has 0 bridgehead atoms. The fraction of sp³-hybridized carbons (Fsp3) is 0.417. The van der Waals surface area contributed by atoms with Gasteiger partial charge in [0, 0.05) is 12.6 Å². The third-order valence-corrected chi connectivity index (χ3v) is 4.27. The Morgan fingerprint density at radius 2 is 2.28 bits per heavy atom. The molecule has 0 amide bonds. The largest absolute Gasteiger partial charge is 0.380 e. The molecule has 0 saturated carbocycles. The number of rotatable bonds is 3. The van der Waals surface area contributed by atoms with E-state index in [-0.39, 0.29) is 10.9 Å². The second-order valence-electron chi connectivity index (χ2n) is 4.17. The van der Waals surface area contributed by atoms with Crippen LogP contribution < -0.4 is 4.72 Å². The summed E-state index contributed by atoms with van der Waals surface area (Å²) in [7, 11) is -3.57. The molecule has 5 nitrogen and oxygen atoms in total. The van der Waals surface area contributed by atoms with E-state index in [1.807, 2.05) is 6.07 Å². The van der Waals surface area contributed by atoms with Crippen LogP contribution in [0.15, 0.2) is 29.2 Å². The van der Waals surface area contributed by atoms with Crippen LogP contribution in [-0.2, 0) is 14.8 Å². The molecule has 1 heterocycles. The number of hydrogen-bond acceptors (Lipinski definition) is 4. The van der Waals surface area contributed by atoms with E-state index in [0.717, 1.165) is 12.8 Å². The summed E-state index contributed by atoms with van der Waals surface area (Å²) in [5.41, 5.74) is 0.331. The predicted molar refractivity (Wildman–Crippen MR) is 65.3 cm³/mol. The molecule has 1 aromatic rings. The van der Waals surface area contributed by atoms with Gasteiger partial charge in [0.05, 0.1) is 23.1 Å². The molecule has 6 heteroatoms. The molecular weight excluding hydrogens is 252 g/mol. The van der Waals surface area contributed by atoms with Gasteiger partial charge in [-0.25, -0.2) is 13.1 Å². The van der Waals surface area contributed by atoms with E-state index in [9.17, 15) is 8.42 Å². The van der Waals surface area contributed by atoms with E-state index in [1.54, 1.807) is 12.1 Å². The van der Waals surface area contributed by atoms with E-state index in [0.29, 0.717) is 18.8 Å². The van der Waals surface area contributed by atoms with E-state index in [4.69, 9.17) is 10.00 Å². The number of benzene rings is 1. The fourth-order valence-electron chi connectivity index (χ4n) is 1.85. The van der Waals surface area contributed by atoms with Crippen LogP contribution in [0.4, 0.5) is 0 Å². The van der Waals surface area contributed by atoms with E-state index in [2.05, 4.69) is 4.72 Å². The molecule has 1 saturated heterocycles. The average molecular weight is 266 g/mol. The molecule has 96 valence electrons. The van der Waals surface area contributed by atoms with Gasteiger partial charge in [0.25, 0.3) is 0 Å². The van der Waals surface area contributed by atoms with E-state index in [1.165, 1.54) is 12.1 Å². The van der Waals surface area contributed by atoms with Crippen LogP contribution in [0.5, 0.6) is 0 Å². The Morgan fingerprint density at radius 1 is 1.44 bits per heavy atom. The van der Waals surface area contributed by atoms with Crippen molar-refractivity contribution in [2.45, 2.75) is 23.8 Å². The summed E-state index contributed by atoms with van der Waals surface area (Å²) in [6.07, 6.45) is 1.63. The van der Waals surface area contributed by atoms with E-state index >= 15 is 0 Å². The maximum atomic E-state index is 12.1. The smallest absolute Gasteiger partial charge is 0.240 e. The van der Waals surface area contributed by atoms with Crippen LogP contribution in [0.1, 0.15) is 18.4 Å². The molecule has 1 aliphatic rings. The Hall–Kier alpha value is -1.42. The number of hydrogen-bond donors (Lipinski definition) is 1. The molecule has 1 N–H and O–H groups in total. The topological polar surface area (TPSA) is 79.2 Å². The number of nitrogens with one attached hydrogen (secondary N) is 1.